The third-order valence-electron chi connectivity index (χ3n) is 2.35. The summed E-state index contributed by atoms with van der Waals surface area (Å²) in [7, 11) is 2.02. The van der Waals surface area contributed by atoms with Gasteiger partial charge in [-0.2, -0.15) is 0 Å². The number of nitrogens with zero attached hydrogens (tertiary/aromatic N) is 1. The summed E-state index contributed by atoms with van der Waals surface area (Å²) in [4.78, 5) is 2.58. The minimum Gasteiger partial charge on any atom is -0.320 e. The number of rotatable bonds is 4. The molecular formula is C11H26N2. The van der Waals surface area contributed by atoms with Gasteiger partial charge in [0, 0.05) is 0 Å². The smallest absolute Gasteiger partial charge is 0.000664 e. The zero-order valence-electron chi connectivity index (χ0n) is 9.60. The van der Waals surface area contributed by atoms with Gasteiger partial charge in [-0.05, 0) is 52.5 Å². The molecule has 2 heteroatoms. The fraction of sp³-hybridized carbons (Fsp3) is 1.00. The largest absolute Gasteiger partial charge is 0.320 e. The van der Waals surface area contributed by atoms with E-state index in [1.807, 2.05) is 20.9 Å². The van der Waals surface area contributed by atoms with Gasteiger partial charge in [-0.15, -0.1) is 0 Å². The number of hydrogen-bond donors (Lipinski definition) is 1. The second-order valence-corrected chi connectivity index (χ2v) is 3.36. The molecule has 0 bridgehead atoms. The molecule has 80 valence electrons. The fourth-order valence-corrected chi connectivity index (χ4v) is 1.66. The molecule has 1 saturated heterocycles. The fourth-order valence-electron chi connectivity index (χ4n) is 1.66. The highest BCUT2D eigenvalue weighted by Gasteiger charge is 2.08. The second kappa shape index (κ2) is 10.0. The van der Waals surface area contributed by atoms with E-state index in [4.69, 9.17) is 0 Å². The first-order chi connectivity index (χ1) is 6.43. The van der Waals surface area contributed by atoms with Crippen molar-refractivity contribution in [3.63, 3.8) is 0 Å². The third-order valence-corrected chi connectivity index (χ3v) is 2.35. The highest BCUT2D eigenvalue weighted by molar-refractivity contribution is 4.64. The molecule has 0 spiro atoms. The van der Waals surface area contributed by atoms with Gasteiger partial charge in [0.1, 0.15) is 0 Å². The van der Waals surface area contributed by atoms with E-state index < -0.39 is 0 Å². The van der Waals surface area contributed by atoms with Crippen LogP contribution in [0.1, 0.15) is 39.5 Å². The topological polar surface area (TPSA) is 15.3 Å². The van der Waals surface area contributed by atoms with Crippen molar-refractivity contribution in [3.05, 3.63) is 0 Å². The first-order valence-electron chi connectivity index (χ1n) is 5.80. The second-order valence-electron chi connectivity index (χ2n) is 3.36. The Balaban J connectivity index is 0.000000671. The Bertz CT molecular complexity index is 88.1. The van der Waals surface area contributed by atoms with Gasteiger partial charge in [0.05, 0.1) is 0 Å². The van der Waals surface area contributed by atoms with Crippen molar-refractivity contribution >= 4 is 0 Å². The first kappa shape index (κ1) is 12.9. The molecule has 1 fully saturated rings. The quantitative estimate of drug-likeness (QED) is 0.677. The molecule has 0 unspecified atom stereocenters. The molecule has 1 N–H and O–H groups in total. The molecule has 1 rings (SSSR count). The average molecular weight is 186 g/mol. The third kappa shape index (κ3) is 7.03. The molecule has 1 heterocycles. The minimum absolute atomic E-state index is 1.16. The maximum atomic E-state index is 3.18. The monoisotopic (exact) mass is 186 g/mol. The SMILES string of the molecule is CC.CNCCCN1CCCCC1. The van der Waals surface area contributed by atoms with E-state index >= 15 is 0 Å². The highest BCUT2D eigenvalue weighted by Crippen LogP contribution is 2.08. The van der Waals surface area contributed by atoms with Gasteiger partial charge in [-0.3, -0.25) is 0 Å². The molecular weight excluding hydrogens is 160 g/mol. The van der Waals surface area contributed by atoms with Crippen LogP contribution in [0.4, 0.5) is 0 Å². The van der Waals surface area contributed by atoms with Gasteiger partial charge in [0.15, 0.2) is 0 Å². The van der Waals surface area contributed by atoms with Crippen molar-refractivity contribution < 1.29 is 0 Å². The lowest BCUT2D eigenvalue weighted by Gasteiger charge is -2.26. The van der Waals surface area contributed by atoms with Crippen molar-refractivity contribution in [1.29, 1.82) is 0 Å². The van der Waals surface area contributed by atoms with Crippen LogP contribution in [0.15, 0.2) is 0 Å². The van der Waals surface area contributed by atoms with Crippen LogP contribution in [0, 0.1) is 0 Å². The molecule has 0 radical (unpaired) electrons. The molecule has 2 nitrogen and oxygen atoms in total. The summed E-state index contributed by atoms with van der Waals surface area (Å²) in [6.07, 6.45) is 5.58. The predicted molar refractivity (Wildman–Crippen MR) is 60.2 cm³/mol. The van der Waals surface area contributed by atoms with E-state index in [1.54, 1.807) is 0 Å². The van der Waals surface area contributed by atoms with Crippen LogP contribution in [0.3, 0.4) is 0 Å². The zero-order chi connectivity index (χ0) is 9.94. The van der Waals surface area contributed by atoms with E-state index in [-0.39, 0.29) is 0 Å². The molecule has 1 aliphatic rings. The lowest BCUT2D eigenvalue weighted by Crippen LogP contribution is -2.31. The Morgan fingerprint density at radius 1 is 1.08 bits per heavy atom. The molecule has 0 aromatic heterocycles. The lowest BCUT2D eigenvalue weighted by molar-refractivity contribution is 0.226. The molecule has 13 heavy (non-hydrogen) atoms. The lowest BCUT2D eigenvalue weighted by atomic mass is 10.1. The van der Waals surface area contributed by atoms with Crippen LogP contribution in [-0.4, -0.2) is 38.1 Å². The van der Waals surface area contributed by atoms with E-state index in [0.29, 0.717) is 0 Å². The molecule has 0 aromatic rings. The molecule has 0 atom stereocenters. The van der Waals surface area contributed by atoms with Gasteiger partial charge in [-0.1, -0.05) is 20.3 Å². The first-order valence-corrected chi connectivity index (χ1v) is 5.80. The molecule has 0 aliphatic carbocycles. The number of hydrogen-bond acceptors (Lipinski definition) is 2. The van der Waals surface area contributed by atoms with Crippen molar-refractivity contribution in [1.82, 2.24) is 10.2 Å². The van der Waals surface area contributed by atoms with Crippen LogP contribution in [-0.2, 0) is 0 Å². The summed E-state index contributed by atoms with van der Waals surface area (Å²) in [5.74, 6) is 0. The summed E-state index contributed by atoms with van der Waals surface area (Å²) in [6.45, 7) is 9.13. The molecule has 0 saturated carbocycles. The Morgan fingerprint density at radius 2 is 1.69 bits per heavy atom. The number of likely N-dealkylation sites (tertiary alicyclic amines) is 1. The van der Waals surface area contributed by atoms with Gasteiger partial charge in [0.25, 0.3) is 0 Å². The van der Waals surface area contributed by atoms with Crippen LogP contribution in [0.25, 0.3) is 0 Å². The van der Waals surface area contributed by atoms with E-state index in [0.717, 1.165) is 6.54 Å². The zero-order valence-corrected chi connectivity index (χ0v) is 9.60. The maximum Gasteiger partial charge on any atom is -0.000664 e. The minimum atomic E-state index is 1.16. The van der Waals surface area contributed by atoms with E-state index in [9.17, 15) is 0 Å². The molecule has 0 aromatic carbocycles. The van der Waals surface area contributed by atoms with Crippen molar-refractivity contribution in [2.24, 2.45) is 0 Å². The Kier molecular flexibility index (Phi) is 9.94. The standard InChI is InChI=1S/C9H20N2.C2H6/c1-10-6-5-9-11-7-3-2-4-8-11;1-2/h10H,2-9H2,1H3;1-2H3. The van der Waals surface area contributed by atoms with Crippen LogP contribution in [0.5, 0.6) is 0 Å². The van der Waals surface area contributed by atoms with Crippen molar-refractivity contribution in [2.45, 2.75) is 39.5 Å². The molecule has 1 aliphatic heterocycles. The number of nitrogens with one attached hydrogen (secondary N) is 1. The van der Waals surface area contributed by atoms with Crippen LogP contribution >= 0.6 is 0 Å². The van der Waals surface area contributed by atoms with Gasteiger partial charge < -0.3 is 10.2 Å². The Labute approximate surface area is 83.7 Å². The van der Waals surface area contributed by atoms with Crippen LogP contribution < -0.4 is 5.32 Å². The number of piperidine rings is 1. The maximum absolute atomic E-state index is 3.18. The summed E-state index contributed by atoms with van der Waals surface area (Å²) < 4.78 is 0. The highest BCUT2D eigenvalue weighted by atomic mass is 15.1. The average Bonchev–Trinajstić information content (AvgIpc) is 2.23. The van der Waals surface area contributed by atoms with E-state index in [2.05, 4.69) is 10.2 Å². The van der Waals surface area contributed by atoms with Gasteiger partial charge in [0.2, 0.25) is 0 Å². The summed E-state index contributed by atoms with van der Waals surface area (Å²) in [6, 6.07) is 0. The normalized spacial score (nSPS) is 17.8. The van der Waals surface area contributed by atoms with Crippen LogP contribution in [0.2, 0.25) is 0 Å². The summed E-state index contributed by atoms with van der Waals surface area (Å²) in [5, 5.41) is 3.18. The summed E-state index contributed by atoms with van der Waals surface area (Å²) >= 11 is 0. The van der Waals surface area contributed by atoms with Gasteiger partial charge >= 0.3 is 0 Å². The van der Waals surface area contributed by atoms with E-state index in [1.165, 1.54) is 45.3 Å². The van der Waals surface area contributed by atoms with Crippen molar-refractivity contribution in [2.75, 3.05) is 33.2 Å². The van der Waals surface area contributed by atoms with Crippen molar-refractivity contribution in [3.8, 4) is 0 Å². The Morgan fingerprint density at radius 3 is 2.23 bits per heavy atom. The van der Waals surface area contributed by atoms with Gasteiger partial charge in [-0.25, -0.2) is 0 Å². The predicted octanol–water partition coefficient (Wildman–Crippen LogP) is 2.11. The summed E-state index contributed by atoms with van der Waals surface area (Å²) in [5.41, 5.74) is 0. The molecule has 0 amide bonds. The Hall–Kier alpha value is -0.0800.